The number of carbonyl (C=O) groups is 1. The smallest absolute Gasteiger partial charge is 0.234 e. The van der Waals surface area contributed by atoms with Crippen molar-refractivity contribution in [3.05, 3.63) is 87.7 Å². The van der Waals surface area contributed by atoms with Crippen LogP contribution in [-0.4, -0.2) is 22.4 Å². The number of thioether (sulfide) groups is 1. The molecule has 7 heteroatoms. The lowest BCUT2D eigenvalue weighted by Gasteiger charge is -2.10. The van der Waals surface area contributed by atoms with Crippen molar-refractivity contribution in [2.24, 2.45) is 9.98 Å². The summed E-state index contributed by atoms with van der Waals surface area (Å²) in [4.78, 5) is 22.3. The number of nitrogens with one attached hydrogen (secondary N) is 1. The van der Waals surface area contributed by atoms with Gasteiger partial charge in [0.2, 0.25) is 5.91 Å². The Bertz CT molecular complexity index is 1290. The van der Waals surface area contributed by atoms with Gasteiger partial charge in [-0.25, -0.2) is 9.38 Å². The minimum Gasteiger partial charge on any atom is -0.325 e. The molecule has 0 bridgehead atoms. The maximum absolute atomic E-state index is 13.6. The number of fused-ring (bicyclic) bond motifs is 1. The summed E-state index contributed by atoms with van der Waals surface area (Å²) in [7, 11) is 0. The molecule has 0 saturated heterocycles. The van der Waals surface area contributed by atoms with E-state index in [0.717, 1.165) is 44.4 Å². The van der Waals surface area contributed by atoms with Crippen LogP contribution in [0.15, 0.2) is 64.6 Å². The number of nitrogens with zero attached hydrogens (tertiary/aromatic N) is 2. The molecule has 4 rings (SSSR count). The van der Waals surface area contributed by atoms with Crippen LogP contribution in [0.1, 0.15) is 28.7 Å². The van der Waals surface area contributed by atoms with Gasteiger partial charge in [0, 0.05) is 17.1 Å². The van der Waals surface area contributed by atoms with E-state index in [9.17, 15) is 9.18 Å². The van der Waals surface area contributed by atoms with Crippen molar-refractivity contribution in [1.29, 1.82) is 0 Å². The molecule has 1 N–H and O–H groups in total. The van der Waals surface area contributed by atoms with Gasteiger partial charge in [-0.3, -0.25) is 9.79 Å². The van der Waals surface area contributed by atoms with Gasteiger partial charge in [-0.15, -0.1) is 11.8 Å². The number of benzene rings is 3. The van der Waals surface area contributed by atoms with Crippen LogP contribution in [0.3, 0.4) is 0 Å². The number of rotatable bonds is 4. The van der Waals surface area contributed by atoms with Crippen LogP contribution in [0.5, 0.6) is 0 Å². The summed E-state index contributed by atoms with van der Waals surface area (Å²) < 4.78 is 13.6. The van der Waals surface area contributed by atoms with Gasteiger partial charge in [-0.1, -0.05) is 29.8 Å². The molecule has 0 aliphatic carbocycles. The highest BCUT2D eigenvalue weighted by atomic mass is 35.5. The van der Waals surface area contributed by atoms with Gasteiger partial charge in [0.25, 0.3) is 0 Å². The average Bonchev–Trinajstić information content (AvgIpc) is 2.95. The summed E-state index contributed by atoms with van der Waals surface area (Å²) in [5.74, 6) is -0.447. The Morgan fingerprint density at radius 2 is 1.64 bits per heavy atom. The number of amides is 1. The Morgan fingerprint density at radius 3 is 2.33 bits per heavy atom. The largest absolute Gasteiger partial charge is 0.325 e. The lowest BCUT2D eigenvalue weighted by atomic mass is 10.1. The fraction of sp³-hybridized carbons (Fsp3) is 0.192. The zero-order chi connectivity index (χ0) is 23.5. The molecule has 0 fully saturated rings. The third kappa shape index (κ3) is 5.70. The highest BCUT2D eigenvalue weighted by molar-refractivity contribution is 8.14. The molecule has 1 aliphatic rings. The molecule has 0 unspecified atom stereocenters. The molecular weight excluding hydrogens is 457 g/mol. The molecule has 3 aromatic carbocycles. The summed E-state index contributed by atoms with van der Waals surface area (Å²) in [5.41, 5.74) is 6.96. The maximum Gasteiger partial charge on any atom is 0.234 e. The molecule has 1 aliphatic heterocycles. The third-order valence-electron chi connectivity index (χ3n) is 5.43. The van der Waals surface area contributed by atoms with E-state index in [0.29, 0.717) is 17.1 Å². The van der Waals surface area contributed by atoms with Gasteiger partial charge >= 0.3 is 0 Å². The Morgan fingerprint density at radius 1 is 0.970 bits per heavy atom. The normalized spacial score (nSPS) is 13.0. The Kier molecular flexibility index (Phi) is 6.96. The van der Waals surface area contributed by atoms with Crippen molar-refractivity contribution in [3.8, 4) is 0 Å². The SMILES string of the molecule is Cc1cc2c(cc1C)N=C(c1ccc(Cl)cc1)CC(SCC(=O)Nc1cc(F)ccc1C)=N2. The minimum atomic E-state index is -0.386. The highest BCUT2D eigenvalue weighted by Gasteiger charge is 2.18. The van der Waals surface area contributed by atoms with Crippen LogP contribution in [0.25, 0.3) is 0 Å². The quantitative estimate of drug-likeness (QED) is 0.425. The molecule has 0 radical (unpaired) electrons. The summed E-state index contributed by atoms with van der Waals surface area (Å²) in [6.07, 6.45) is 0.491. The van der Waals surface area contributed by atoms with E-state index < -0.39 is 0 Å². The number of hydrogen-bond donors (Lipinski definition) is 1. The zero-order valence-corrected chi connectivity index (χ0v) is 20.1. The first-order valence-electron chi connectivity index (χ1n) is 10.5. The molecule has 168 valence electrons. The lowest BCUT2D eigenvalue weighted by Crippen LogP contribution is -2.17. The number of halogens is 2. The maximum atomic E-state index is 13.6. The molecule has 3 aromatic rings. The van der Waals surface area contributed by atoms with E-state index in [-0.39, 0.29) is 17.5 Å². The van der Waals surface area contributed by atoms with E-state index >= 15 is 0 Å². The molecule has 0 aromatic heterocycles. The molecule has 0 spiro atoms. The predicted molar refractivity (Wildman–Crippen MR) is 138 cm³/mol. The van der Waals surface area contributed by atoms with Gasteiger partial charge in [0.15, 0.2) is 0 Å². The molecule has 1 heterocycles. The fourth-order valence-electron chi connectivity index (χ4n) is 3.42. The number of hydrogen-bond acceptors (Lipinski definition) is 4. The van der Waals surface area contributed by atoms with Crippen molar-refractivity contribution in [3.63, 3.8) is 0 Å². The van der Waals surface area contributed by atoms with Crippen molar-refractivity contribution in [2.75, 3.05) is 11.1 Å². The lowest BCUT2D eigenvalue weighted by molar-refractivity contribution is -0.113. The van der Waals surface area contributed by atoms with Crippen LogP contribution in [0.4, 0.5) is 21.5 Å². The second kappa shape index (κ2) is 9.89. The number of aliphatic imine (C=N–C) groups is 2. The van der Waals surface area contributed by atoms with E-state index in [1.807, 2.05) is 50.2 Å². The zero-order valence-electron chi connectivity index (χ0n) is 18.6. The van der Waals surface area contributed by atoms with Gasteiger partial charge in [-0.05, 0) is 79.4 Å². The monoisotopic (exact) mass is 479 g/mol. The predicted octanol–water partition coefficient (Wildman–Crippen LogP) is 7.33. The Hall–Kier alpha value is -2.96. The van der Waals surface area contributed by atoms with Gasteiger partial charge in [0.1, 0.15) is 5.82 Å². The van der Waals surface area contributed by atoms with E-state index in [4.69, 9.17) is 21.6 Å². The first-order valence-corrected chi connectivity index (χ1v) is 11.9. The molecular formula is C26H23ClFN3OS. The summed E-state index contributed by atoms with van der Waals surface area (Å²) in [6.45, 7) is 5.92. The first kappa shape index (κ1) is 23.2. The van der Waals surface area contributed by atoms with E-state index in [1.54, 1.807) is 6.07 Å². The van der Waals surface area contributed by atoms with Crippen LogP contribution in [0.2, 0.25) is 5.02 Å². The van der Waals surface area contributed by atoms with Crippen LogP contribution < -0.4 is 5.32 Å². The summed E-state index contributed by atoms with van der Waals surface area (Å²) in [5, 5.41) is 4.24. The Labute approximate surface area is 202 Å². The molecule has 0 atom stereocenters. The van der Waals surface area contributed by atoms with Crippen molar-refractivity contribution < 1.29 is 9.18 Å². The van der Waals surface area contributed by atoms with Crippen molar-refractivity contribution in [2.45, 2.75) is 27.2 Å². The first-order chi connectivity index (χ1) is 15.8. The second-order valence-corrected chi connectivity index (χ2v) is 9.45. The molecule has 33 heavy (non-hydrogen) atoms. The highest BCUT2D eigenvalue weighted by Crippen LogP contribution is 2.36. The van der Waals surface area contributed by atoms with Crippen LogP contribution >= 0.6 is 23.4 Å². The Balaban J connectivity index is 1.59. The van der Waals surface area contributed by atoms with E-state index in [1.165, 1.54) is 23.9 Å². The number of anilines is 1. The summed E-state index contributed by atoms with van der Waals surface area (Å²) in [6, 6.07) is 16.0. The standard InChI is InChI=1S/C26H23ClFN3OS/c1-15-4-9-20(28)12-21(15)30-25(32)14-33-26-13-22(18-5-7-19(27)8-6-18)29-23-10-16(2)17(3)11-24(23)31-26/h4-12H,13-14H2,1-3H3,(H,30,32). The minimum absolute atomic E-state index is 0.156. The van der Waals surface area contributed by atoms with Gasteiger partial charge in [0.05, 0.1) is 27.9 Å². The second-order valence-electron chi connectivity index (χ2n) is 7.97. The number of carbonyl (C=O) groups excluding carboxylic acids is 1. The summed E-state index contributed by atoms with van der Waals surface area (Å²) >= 11 is 7.43. The average molecular weight is 480 g/mol. The topological polar surface area (TPSA) is 53.8 Å². The fourth-order valence-corrected chi connectivity index (χ4v) is 4.32. The molecule has 1 amide bonds. The number of aryl methyl sites for hydroxylation is 3. The van der Waals surface area contributed by atoms with Crippen LogP contribution in [0, 0.1) is 26.6 Å². The third-order valence-corrected chi connectivity index (χ3v) is 6.66. The van der Waals surface area contributed by atoms with Gasteiger partial charge < -0.3 is 5.32 Å². The van der Waals surface area contributed by atoms with Crippen molar-refractivity contribution >= 4 is 57.1 Å². The molecule has 4 nitrogen and oxygen atoms in total. The van der Waals surface area contributed by atoms with E-state index in [2.05, 4.69) is 12.2 Å². The van der Waals surface area contributed by atoms with Crippen LogP contribution in [-0.2, 0) is 4.79 Å². The molecule has 0 saturated carbocycles. The van der Waals surface area contributed by atoms with Crippen molar-refractivity contribution in [1.82, 2.24) is 0 Å². The van der Waals surface area contributed by atoms with Gasteiger partial charge in [-0.2, -0.15) is 0 Å².